The summed E-state index contributed by atoms with van der Waals surface area (Å²) in [5, 5.41) is 16.5. The van der Waals surface area contributed by atoms with Crippen molar-refractivity contribution >= 4 is 28.1 Å². The van der Waals surface area contributed by atoms with Crippen LogP contribution >= 0.6 is 11.3 Å². The first-order valence-corrected chi connectivity index (χ1v) is 6.37. The summed E-state index contributed by atoms with van der Waals surface area (Å²) in [6.45, 7) is 3.45. The number of aromatic nitrogens is 2. The molecule has 0 aliphatic rings. The summed E-state index contributed by atoms with van der Waals surface area (Å²) in [4.78, 5) is 20.2. The van der Waals surface area contributed by atoms with Crippen LogP contribution in [-0.4, -0.2) is 26.8 Å². The molecule has 2 aromatic rings. The lowest BCUT2D eigenvalue weighted by Crippen LogP contribution is -2.14. The topological polar surface area (TPSA) is 87.5 Å². The van der Waals surface area contributed by atoms with Gasteiger partial charge in [-0.25, -0.2) is 9.97 Å². The van der Waals surface area contributed by atoms with Crippen LogP contribution in [0.25, 0.3) is 0 Å². The molecule has 2 N–H and O–H groups in total. The van der Waals surface area contributed by atoms with Crippen molar-refractivity contribution in [3.8, 4) is 0 Å². The summed E-state index contributed by atoms with van der Waals surface area (Å²) < 4.78 is 0. The summed E-state index contributed by atoms with van der Waals surface area (Å²) in [7, 11) is 0. The fourth-order valence-electron chi connectivity index (χ4n) is 1.38. The Kier molecular flexibility index (Phi) is 3.86. The van der Waals surface area contributed by atoms with Crippen LogP contribution in [0.15, 0.2) is 28.7 Å². The summed E-state index contributed by atoms with van der Waals surface area (Å²) in [5.41, 5.74) is 2.03. The number of aryl methyl sites for hydroxylation is 1. The maximum absolute atomic E-state index is 11.9. The average Bonchev–Trinajstić information content (AvgIpc) is 2.86. The highest BCUT2D eigenvalue weighted by molar-refractivity contribution is 7.14. The van der Waals surface area contributed by atoms with Crippen LogP contribution in [0.5, 0.6) is 0 Å². The third-order valence-corrected chi connectivity index (χ3v) is 3.12. The van der Waals surface area contributed by atoms with Gasteiger partial charge in [0.25, 0.3) is 5.91 Å². The normalized spacial score (nSPS) is 11.4. The molecular weight excluding hydrogens is 264 g/mol. The van der Waals surface area contributed by atoms with Gasteiger partial charge in [0.05, 0.1) is 0 Å². The first-order chi connectivity index (χ1) is 9.10. The molecular formula is C12H12N4O2S. The smallest absolute Gasteiger partial charge is 0.276 e. The van der Waals surface area contributed by atoms with Crippen LogP contribution < -0.4 is 5.32 Å². The van der Waals surface area contributed by atoms with Crippen LogP contribution in [0.1, 0.15) is 28.8 Å². The SMILES string of the molecule is CC(=NO)c1csc(NC(=O)c2cccc(C)n2)n1. The van der Waals surface area contributed by atoms with Crippen LogP contribution in [0.3, 0.4) is 0 Å². The van der Waals surface area contributed by atoms with Gasteiger partial charge in [0.15, 0.2) is 5.13 Å². The number of carbonyl (C=O) groups is 1. The lowest BCUT2D eigenvalue weighted by atomic mass is 10.3. The van der Waals surface area contributed by atoms with Crippen LogP contribution in [-0.2, 0) is 0 Å². The summed E-state index contributed by atoms with van der Waals surface area (Å²) in [6.07, 6.45) is 0. The third kappa shape index (κ3) is 3.14. The van der Waals surface area contributed by atoms with E-state index in [0.717, 1.165) is 5.69 Å². The highest BCUT2D eigenvalue weighted by atomic mass is 32.1. The highest BCUT2D eigenvalue weighted by Gasteiger charge is 2.11. The number of amides is 1. The summed E-state index contributed by atoms with van der Waals surface area (Å²) in [5.74, 6) is -0.316. The largest absolute Gasteiger partial charge is 0.411 e. The number of oxime groups is 1. The second-order valence-corrected chi connectivity index (χ2v) is 4.70. The maximum atomic E-state index is 11.9. The molecule has 0 aliphatic carbocycles. The quantitative estimate of drug-likeness (QED) is 0.511. The first-order valence-electron chi connectivity index (χ1n) is 5.49. The van der Waals surface area contributed by atoms with Gasteiger partial charge < -0.3 is 5.21 Å². The molecule has 98 valence electrons. The van der Waals surface area contributed by atoms with Crippen molar-refractivity contribution in [1.82, 2.24) is 9.97 Å². The highest BCUT2D eigenvalue weighted by Crippen LogP contribution is 2.16. The molecule has 0 bridgehead atoms. The van der Waals surface area contributed by atoms with Crippen molar-refractivity contribution in [2.24, 2.45) is 5.16 Å². The average molecular weight is 276 g/mol. The minimum Gasteiger partial charge on any atom is -0.411 e. The van der Waals surface area contributed by atoms with E-state index < -0.39 is 0 Å². The van der Waals surface area contributed by atoms with Gasteiger partial charge in [-0.1, -0.05) is 11.2 Å². The maximum Gasteiger partial charge on any atom is 0.276 e. The Bertz CT molecular complexity index is 636. The minimum absolute atomic E-state index is 0.316. The molecule has 2 heterocycles. The van der Waals surface area contributed by atoms with E-state index in [4.69, 9.17) is 5.21 Å². The van der Waals surface area contributed by atoms with E-state index in [9.17, 15) is 4.79 Å². The zero-order chi connectivity index (χ0) is 13.8. The molecule has 0 aliphatic heterocycles. The molecule has 0 atom stereocenters. The molecule has 0 aromatic carbocycles. The van der Waals surface area contributed by atoms with E-state index in [1.54, 1.807) is 24.4 Å². The zero-order valence-corrected chi connectivity index (χ0v) is 11.2. The fraction of sp³-hybridized carbons (Fsp3) is 0.167. The van der Waals surface area contributed by atoms with E-state index in [2.05, 4.69) is 20.4 Å². The minimum atomic E-state index is -0.316. The van der Waals surface area contributed by atoms with E-state index in [1.807, 2.05) is 13.0 Å². The number of nitrogens with one attached hydrogen (secondary N) is 1. The van der Waals surface area contributed by atoms with Crippen molar-refractivity contribution < 1.29 is 10.0 Å². The first kappa shape index (κ1) is 13.2. The van der Waals surface area contributed by atoms with Crippen LogP contribution in [0.2, 0.25) is 0 Å². The molecule has 2 rings (SSSR count). The lowest BCUT2D eigenvalue weighted by Gasteiger charge is -2.01. The van der Waals surface area contributed by atoms with Crippen LogP contribution in [0, 0.1) is 6.92 Å². The molecule has 6 nitrogen and oxygen atoms in total. The number of rotatable bonds is 3. The van der Waals surface area contributed by atoms with Crippen molar-refractivity contribution in [3.05, 3.63) is 40.7 Å². The standard InChI is InChI=1S/C12H12N4O2S/c1-7-4-3-5-9(13-7)11(17)15-12-14-10(6-19-12)8(2)16-18/h3-6,18H,1-2H3,(H,14,15,17). The predicted octanol–water partition coefficient (Wildman–Crippen LogP) is 2.30. The molecule has 0 spiro atoms. The molecule has 1 amide bonds. The third-order valence-electron chi connectivity index (χ3n) is 2.37. The predicted molar refractivity (Wildman–Crippen MR) is 73.0 cm³/mol. The Balaban J connectivity index is 2.13. The number of thiazole rings is 1. The van der Waals surface area contributed by atoms with Crippen molar-refractivity contribution in [2.75, 3.05) is 5.32 Å². The van der Waals surface area contributed by atoms with Gasteiger partial charge in [-0.15, -0.1) is 11.3 Å². The Morgan fingerprint density at radius 1 is 1.37 bits per heavy atom. The van der Waals surface area contributed by atoms with Gasteiger partial charge in [-0.3, -0.25) is 10.1 Å². The van der Waals surface area contributed by atoms with Gasteiger partial charge in [-0.05, 0) is 26.0 Å². The molecule has 0 unspecified atom stereocenters. The lowest BCUT2D eigenvalue weighted by molar-refractivity contribution is 0.102. The Morgan fingerprint density at radius 3 is 2.84 bits per heavy atom. The molecule has 0 saturated heterocycles. The number of anilines is 1. The second kappa shape index (κ2) is 5.57. The van der Waals surface area contributed by atoms with Gasteiger partial charge in [-0.2, -0.15) is 0 Å². The Labute approximate surface area is 113 Å². The number of hydrogen-bond acceptors (Lipinski definition) is 6. The van der Waals surface area contributed by atoms with Crippen molar-refractivity contribution in [2.45, 2.75) is 13.8 Å². The molecule has 7 heteroatoms. The van der Waals surface area contributed by atoms with E-state index >= 15 is 0 Å². The van der Waals surface area contributed by atoms with Gasteiger partial charge >= 0.3 is 0 Å². The number of pyridine rings is 1. The fourth-order valence-corrected chi connectivity index (χ4v) is 2.13. The van der Waals surface area contributed by atoms with E-state index in [-0.39, 0.29) is 5.91 Å². The van der Waals surface area contributed by atoms with Crippen molar-refractivity contribution in [1.29, 1.82) is 0 Å². The molecule has 0 fully saturated rings. The van der Waals surface area contributed by atoms with Gasteiger partial charge in [0.2, 0.25) is 0 Å². The monoisotopic (exact) mass is 276 g/mol. The molecule has 0 saturated carbocycles. The number of nitrogens with zero attached hydrogens (tertiary/aromatic N) is 3. The van der Waals surface area contributed by atoms with E-state index in [1.165, 1.54) is 11.3 Å². The summed E-state index contributed by atoms with van der Waals surface area (Å²) >= 11 is 1.26. The Morgan fingerprint density at radius 2 is 2.16 bits per heavy atom. The molecule has 19 heavy (non-hydrogen) atoms. The Hall–Kier alpha value is -2.28. The zero-order valence-electron chi connectivity index (χ0n) is 10.4. The van der Waals surface area contributed by atoms with Crippen molar-refractivity contribution in [3.63, 3.8) is 0 Å². The second-order valence-electron chi connectivity index (χ2n) is 3.84. The van der Waals surface area contributed by atoms with Gasteiger partial charge in [0.1, 0.15) is 17.1 Å². The van der Waals surface area contributed by atoms with Gasteiger partial charge in [0, 0.05) is 11.1 Å². The van der Waals surface area contributed by atoms with E-state index in [0.29, 0.717) is 22.2 Å². The number of hydrogen-bond donors (Lipinski definition) is 2. The molecule has 0 radical (unpaired) electrons. The number of carbonyl (C=O) groups excluding carboxylic acids is 1. The molecule has 2 aromatic heterocycles. The van der Waals surface area contributed by atoms with Crippen LogP contribution in [0.4, 0.5) is 5.13 Å². The summed E-state index contributed by atoms with van der Waals surface area (Å²) in [6, 6.07) is 5.23.